The molecule has 0 saturated heterocycles. The predicted octanol–water partition coefficient (Wildman–Crippen LogP) is 17.1. The summed E-state index contributed by atoms with van der Waals surface area (Å²) in [5.41, 5.74) is 17.8. The highest BCUT2D eigenvalue weighted by Crippen LogP contribution is 2.65. The number of ether oxygens (including phenoxy) is 2. The second kappa shape index (κ2) is 13.7. The minimum atomic E-state index is -0.652. The van der Waals surface area contributed by atoms with Gasteiger partial charge in [-0.1, -0.05) is 170 Å². The Balaban J connectivity index is 1.01. The summed E-state index contributed by atoms with van der Waals surface area (Å²) in [6.45, 7) is 0. The van der Waals surface area contributed by atoms with Crippen LogP contribution in [-0.4, -0.2) is 0 Å². The molecular weight excluding hydrogens is 855 g/mol. The lowest BCUT2D eigenvalue weighted by molar-refractivity contribution is 0.436. The Labute approximate surface area is 403 Å². The lowest BCUT2D eigenvalue weighted by Gasteiger charge is -2.41. The fourth-order valence-electron chi connectivity index (χ4n) is 13.1. The topological polar surface area (TPSA) is 34.8 Å². The number of anilines is 3. The Bertz CT molecular complexity index is 3950. The van der Waals surface area contributed by atoms with Gasteiger partial charge in [0.15, 0.2) is 0 Å². The summed E-state index contributed by atoms with van der Waals surface area (Å²) in [6, 6.07) is 85.8. The molecule has 1 aromatic heterocycles. The highest BCUT2D eigenvalue weighted by atomic mass is 16.5. The van der Waals surface area contributed by atoms with Gasteiger partial charge in [-0.15, -0.1) is 0 Å². The fourth-order valence-corrected chi connectivity index (χ4v) is 13.1. The first-order valence-electron chi connectivity index (χ1n) is 24.1. The van der Waals surface area contributed by atoms with Crippen LogP contribution in [0.15, 0.2) is 241 Å². The van der Waals surface area contributed by atoms with Crippen LogP contribution in [-0.2, 0) is 10.8 Å². The van der Waals surface area contributed by atoms with Crippen molar-refractivity contribution in [3.63, 3.8) is 0 Å². The van der Waals surface area contributed by atoms with Crippen molar-refractivity contribution in [3.05, 3.63) is 281 Å². The minimum Gasteiger partial charge on any atom is -0.457 e. The van der Waals surface area contributed by atoms with E-state index >= 15 is 0 Å². The molecule has 4 heteroatoms. The van der Waals surface area contributed by atoms with Gasteiger partial charge in [0.2, 0.25) is 0 Å². The number of fused-ring (bicyclic) bond motifs is 23. The maximum Gasteiger partial charge on any atom is 0.143 e. The van der Waals surface area contributed by atoms with Gasteiger partial charge in [-0.2, -0.15) is 0 Å². The van der Waals surface area contributed by atoms with E-state index in [-0.39, 0.29) is 0 Å². The number of para-hydroxylation sites is 2. The lowest BCUT2D eigenvalue weighted by atomic mass is 9.66. The van der Waals surface area contributed by atoms with E-state index in [1.54, 1.807) is 0 Å². The maximum atomic E-state index is 6.98. The van der Waals surface area contributed by atoms with Gasteiger partial charge < -0.3 is 18.8 Å². The van der Waals surface area contributed by atoms with E-state index < -0.39 is 10.8 Å². The third-order valence-corrected chi connectivity index (χ3v) is 15.8. The van der Waals surface area contributed by atoms with Crippen molar-refractivity contribution in [2.45, 2.75) is 10.8 Å². The molecule has 12 aromatic rings. The molecule has 0 unspecified atom stereocenters. The zero-order valence-corrected chi connectivity index (χ0v) is 37.7. The standard InChI is InChI=1S/C66H39NO3/c1-2-17-43-40(16-1)32-35-48-63-57(28-15-31-62(63)70-64(43)48)67(41-33-36-60-55(38-41)65(53-26-11-13-29-58(53)68-60)49-22-7-3-18-44(49)45-19-4-8-23-50(45)65)42-34-37-61-56(39-42)66(54-27-12-14-30-59(54)69-61)51-24-9-5-20-46(51)47-21-6-10-25-52(47)66/h1-39H. The summed E-state index contributed by atoms with van der Waals surface area (Å²) < 4.78 is 20.9. The van der Waals surface area contributed by atoms with Crippen LogP contribution in [0.2, 0.25) is 0 Å². The van der Waals surface area contributed by atoms with Gasteiger partial charge in [-0.3, -0.25) is 0 Å². The van der Waals surface area contributed by atoms with Gasteiger partial charge in [0.1, 0.15) is 34.2 Å². The molecule has 326 valence electrons. The fraction of sp³-hybridized carbons (Fsp3) is 0.0303. The van der Waals surface area contributed by atoms with E-state index in [0.29, 0.717) is 0 Å². The highest BCUT2D eigenvalue weighted by molar-refractivity contribution is 6.19. The van der Waals surface area contributed by atoms with E-state index in [9.17, 15) is 0 Å². The van der Waals surface area contributed by atoms with Crippen LogP contribution in [0.25, 0.3) is 55.0 Å². The molecule has 11 aromatic carbocycles. The summed E-state index contributed by atoms with van der Waals surface area (Å²) in [4.78, 5) is 2.44. The third kappa shape index (κ3) is 4.70. The first-order chi connectivity index (χ1) is 34.7. The summed E-state index contributed by atoms with van der Waals surface area (Å²) in [6.07, 6.45) is 0. The number of rotatable bonds is 3. The first-order valence-corrected chi connectivity index (χ1v) is 24.1. The summed E-state index contributed by atoms with van der Waals surface area (Å²) >= 11 is 0. The second-order valence-electron chi connectivity index (χ2n) is 19.0. The molecule has 0 amide bonds. The molecule has 2 aliphatic heterocycles. The van der Waals surface area contributed by atoms with Crippen molar-refractivity contribution < 1.29 is 13.9 Å². The van der Waals surface area contributed by atoms with Crippen molar-refractivity contribution in [2.75, 3.05) is 4.90 Å². The van der Waals surface area contributed by atoms with Crippen LogP contribution in [0.5, 0.6) is 23.0 Å². The molecule has 0 saturated carbocycles. The Hall–Kier alpha value is -9.12. The van der Waals surface area contributed by atoms with Crippen molar-refractivity contribution in [1.29, 1.82) is 0 Å². The molecule has 4 nitrogen and oxygen atoms in total. The monoisotopic (exact) mass is 893 g/mol. The van der Waals surface area contributed by atoms with Gasteiger partial charge in [0.05, 0.1) is 21.9 Å². The number of hydrogen-bond donors (Lipinski definition) is 0. The van der Waals surface area contributed by atoms with Gasteiger partial charge in [-0.05, 0) is 117 Å². The van der Waals surface area contributed by atoms with Crippen LogP contribution < -0.4 is 14.4 Å². The summed E-state index contributed by atoms with van der Waals surface area (Å²) in [7, 11) is 0. The molecule has 2 aliphatic carbocycles. The van der Waals surface area contributed by atoms with E-state index in [2.05, 4.69) is 241 Å². The zero-order valence-electron chi connectivity index (χ0n) is 37.7. The van der Waals surface area contributed by atoms with E-state index in [1.807, 2.05) is 0 Å². The second-order valence-corrected chi connectivity index (χ2v) is 19.0. The van der Waals surface area contributed by atoms with Gasteiger partial charge in [-0.25, -0.2) is 0 Å². The predicted molar refractivity (Wildman–Crippen MR) is 281 cm³/mol. The van der Waals surface area contributed by atoms with E-state index in [1.165, 1.54) is 44.5 Å². The number of benzene rings is 11. The molecular formula is C66H39NO3. The van der Waals surface area contributed by atoms with Crippen LogP contribution >= 0.6 is 0 Å². The van der Waals surface area contributed by atoms with E-state index in [0.717, 1.165) is 95.0 Å². The van der Waals surface area contributed by atoms with Gasteiger partial charge >= 0.3 is 0 Å². The molecule has 0 N–H and O–H groups in total. The largest absolute Gasteiger partial charge is 0.457 e. The normalized spacial score (nSPS) is 14.5. The SMILES string of the molecule is c1ccc2c(c1)Oc1ccc(N(c3ccc4c(c3)C3(c5ccccc5O4)c4ccccc4-c4ccccc43)c3cccc4oc5c6ccccc6ccc5c34)cc1C21c2ccccc2-c2ccccc21. The Morgan fingerprint density at radius 1 is 0.314 bits per heavy atom. The van der Waals surface area contributed by atoms with Crippen molar-refractivity contribution in [3.8, 4) is 45.3 Å². The average molecular weight is 894 g/mol. The smallest absolute Gasteiger partial charge is 0.143 e. The quantitative estimate of drug-likeness (QED) is 0.177. The van der Waals surface area contributed by atoms with Crippen molar-refractivity contribution >= 4 is 49.8 Å². The minimum absolute atomic E-state index is 0.652. The zero-order chi connectivity index (χ0) is 45.7. The van der Waals surface area contributed by atoms with Crippen LogP contribution in [0.3, 0.4) is 0 Å². The number of hydrogen-bond acceptors (Lipinski definition) is 4. The number of furan rings is 1. The molecule has 0 fully saturated rings. The Kier molecular flexibility index (Phi) is 7.45. The molecule has 0 atom stereocenters. The van der Waals surface area contributed by atoms with Crippen LogP contribution in [0, 0.1) is 0 Å². The summed E-state index contributed by atoms with van der Waals surface area (Å²) in [5, 5.41) is 4.33. The van der Waals surface area contributed by atoms with Gasteiger partial charge in [0.25, 0.3) is 0 Å². The first kappa shape index (κ1) is 37.9. The summed E-state index contributed by atoms with van der Waals surface area (Å²) in [5.74, 6) is 3.40. The lowest BCUT2D eigenvalue weighted by Crippen LogP contribution is -2.32. The molecule has 2 spiro atoms. The van der Waals surface area contributed by atoms with Crippen LogP contribution in [0.1, 0.15) is 44.5 Å². The molecule has 0 bridgehead atoms. The van der Waals surface area contributed by atoms with Gasteiger partial charge in [0, 0.05) is 44.4 Å². The van der Waals surface area contributed by atoms with E-state index in [4.69, 9.17) is 13.9 Å². The third-order valence-electron chi connectivity index (χ3n) is 15.8. The molecule has 4 aliphatic rings. The number of nitrogens with zero attached hydrogens (tertiary/aromatic N) is 1. The molecule has 16 rings (SSSR count). The molecule has 70 heavy (non-hydrogen) atoms. The maximum absolute atomic E-state index is 6.98. The Morgan fingerprint density at radius 3 is 1.29 bits per heavy atom. The van der Waals surface area contributed by atoms with Crippen molar-refractivity contribution in [1.82, 2.24) is 0 Å². The molecule has 3 heterocycles. The van der Waals surface area contributed by atoms with Crippen LogP contribution in [0.4, 0.5) is 17.1 Å². The Morgan fingerprint density at radius 2 is 0.757 bits per heavy atom. The highest BCUT2D eigenvalue weighted by Gasteiger charge is 2.53. The van der Waals surface area contributed by atoms with Crippen molar-refractivity contribution in [2.24, 2.45) is 0 Å². The molecule has 0 radical (unpaired) electrons. The average Bonchev–Trinajstić information content (AvgIpc) is 4.05.